The Labute approximate surface area is 121 Å². The molecule has 0 atom stereocenters. The number of carbonyl (C=O) groups excluding carboxylic acids is 1. The molecule has 3 rings (SSSR count). The molecule has 0 aliphatic rings. The normalized spacial score (nSPS) is 10.5. The summed E-state index contributed by atoms with van der Waals surface area (Å²) >= 11 is 0. The molecule has 2 aromatic heterocycles. The zero-order valence-electron chi connectivity index (χ0n) is 10.8. The van der Waals surface area contributed by atoms with E-state index >= 15 is 0 Å². The molecule has 0 unspecified atom stereocenters. The summed E-state index contributed by atoms with van der Waals surface area (Å²) < 4.78 is 4.82. The van der Waals surface area contributed by atoms with E-state index in [1.54, 1.807) is 0 Å². The van der Waals surface area contributed by atoms with Gasteiger partial charge in [-0.05, 0) is 0 Å². The Morgan fingerprint density at radius 1 is 1.32 bits per heavy atom. The molecule has 0 spiro atoms. The summed E-state index contributed by atoms with van der Waals surface area (Å²) in [4.78, 5) is 43.2. The third-order valence-electron chi connectivity index (χ3n) is 2.80. The number of oxazole rings is 1. The lowest BCUT2D eigenvalue weighted by Crippen LogP contribution is -2.13. The SMILES string of the molecule is O=C(Nc1cc2oc(=O)[nH]c2cc1[N+](=O)[O-])c1cncnc1. The van der Waals surface area contributed by atoms with Crippen LogP contribution in [0.4, 0.5) is 11.4 Å². The number of anilines is 1. The molecule has 0 saturated heterocycles. The van der Waals surface area contributed by atoms with Gasteiger partial charge in [0, 0.05) is 24.5 Å². The molecule has 0 aliphatic carbocycles. The molecule has 0 fully saturated rings. The zero-order chi connectivity index (χ0) is 15.7. The third kappa shape index (κ3) is 2.40. The summed E-state index contributed by atoms with van der Waals surface area (Å²) in [5.74, 6) is -1.37. The van der Waals surface area contributed by atoms with Crippen LogP contribution in [-0.2, 0) is 0 Å². The average Bonchev–Trinajstić information content (AvgIpc) is 2.86. The Kier molecular flexibility index (Phi) is 3.10. The Morgan fingerprint density at radius 3 is 2.73 bits per heavy atom. The number of hydrogen-bond acceptors (Lipinski definition) is 7. The van der Waals surface area contributed by atoms with Crippen molar-refractivity contribution in [3.63, 3.8) is 0 Å². The highest BCUT2D eigenvalue weighted by Crippen LogP contribution is 2.29. The van der Waals surface area contributed by atoms with Gasteiger partial charge in [0.25, 0.3) is 11.6 Å². The minimum absolute atomic E-state index is 0.0928. The van der Waals surface area contributed by atoms with Crippen molar-refractivity contribution in [2.75, 3.05) is 5.32 Å². The number of aromatic amines is 1. The van der Waals surface area contributed by atoms with Gasteiger partial charge in [-0.1, -0.05) is 0 Å². The molecule has 110 valence electrons. The fourth-order valence-corrected chi connectivity index (χ4v) is 1.85. The minimum atomic E-state index is -0.746. The lowest BCUT2D eigenvalue weighted by atomic mass is 10.2. The van der Waals surface area contributed by atoms with Gasteiger partial charge in [0.05, 0.1) is 16.0 Å². The van der Waals surface area contributed by atoms with Crippen molar-refractivity contribution < 1.29 is 14.1 Å². The second-order valence-corrected chi connectivity index (χ2v) is 4.22. The Balaban J connectivity index is 2.05. The molecule has 0 bridgehead atoms. The number of fused-ring (bicyclic) bond motifs is 1. The molecule has 10 heteroatoms. The number of rotatable bonds is 3. The summed E-state index contributed by atoms with van der Waals surface area (Å²) in [6.45, 7) is 0. The van der Waals surface area contributed by atoms with Crippen LogP contribution in [0.15, 0.2) is 40.1 Å². The van der Waals surface area contributed by atoms with E-state index < -0.39 is 16.6 Å². The predicted octanol–water partition coefficient (Wildman–Crippen LogP) is 1.07. The Bertz CT molecular complexity index is 930. The van der Waals surface area contributed by atoms with Crippen LogP contribution in [0.3, 0.4) is 0 Å². The van der Waals surface area contributed by atoms with Gasteiger partial charge in [0.15, 0.2) is 5.58 Å². The van der Waals surface area contributed by atoms with E-state index in [2.05, 4.69) is 20.3 Å². The first-order valence-corrected chi connectivity index (χ1v) is 5.92. The molecule has 10 nitrogen and oxygen atoms in total. The van der Waals surface area contributed by atoms with Crippen LogP contribution < -0.4 is 11.1 Å². The van der Waals surface area contributed by atoms with E-state index in [1.807, 2.05) is 0 Å². The fraction of sp³-hybridized carbons (Fsp3) is 0. The number of carbonyl (C=O) groups is 1. The molecule has 3 aromatic rings. The van der Waals surface area contributed by atoms with Crippen LogP contribution in [0.2, 0.25) is 0 Å². The average molecular weight is 301 g/mol. The zero-order valence-corrected chi connectivity index (χ0v) is 10.8. The number of nitro benzene ring substituents is 1. The lowest BCUT2D eigenvalue weighted by Gasteiger charge is -2.05. The Hall–Kier alpha value is -3.56. The van der Waals surface area contributed by atoms with E-state index in [0.717, 1.165) is 6.07 Å². The maximum absolute atomic E-state index is 12.0. The first-order valence-electron chi connectivity index (χ1n) is 5.92. The Morgan fingerprint density at radius 2 is 2.05 bits per heavy atom. The van der Waals surface area contributed by atoms with E-state index in [0.29, 0.717) is 0 Å². The second kappa shape index (κ2) is 5.09. The van der Waals surface area contributed by atoms with Gasteiger partial charge in [-0.2, -0.15) is 0 Å². The van der Waals surface area contributed by atoms with E-state index in [9.17, 15) is 19.7 Å². The first-order chi connectivity index (χ1) is 10.5. The summed E-state index contributed by atoms with van der Waals surface area (Å²) in [5, 5.41) is 13.5. The van der Waals surface area contributed by atoms with Crippen LogP contribution in [-0.4, -0.2) is 25.8 Å². The van der Waals surface area contributed by atoms with Crippen molar-refractivity contribution in [1.82, 2.24) is 15.0 Å². The van der Waals surface area contributed by atoms with Crippen molar-refractivity contribution in [2.45, 2.75) is 0 Å². The summed E-state index contributed by atoms with van der Waals surface area (Å²) in [5.41, 5.74) is -0.0933. The lowest BCUT2D eigenvalue weighted by molar-refractivity contribution is -0.383. The molecule has 0 radical (unpaired) electrons. The van der Waals surface area contributed by atoms with Crippen LogP contribution in [0, 0.1) is 10.1 Å². The molecule has 0 saturated carbocycles. The van der Waals surface area contributed by atoms with Gasteiger partial charge in [-0.15, -0.1) is 0 Å². The molecular formula is C12H7N5O5. The van der Waals surface area contributed by atoms with Crippen LogP contribution >= 0.6 is 0 Å². The third-order valence-corrected chi connectivity index (χ3v) is 2.80. The number of nitrogens with zero attached hydrogens (tertiary/aromatic N) is 3. The minimum Gasteiger partial charge on any atom is -0.408 e. The summed E-state index contributed by atoms with van der Waals surface area (Å²) in [6, 6.07) is 2.31. The number of hydrogen-bond donors (Lipinski definition) is 2. The summed E-state index contributed by atoms with van der Waals surface area (Å²) in [7, 11) is 0. The maximum atomic E-state index is 12.0. The first kappa shape index (κ1) is 13.4. The van der Waals surface area contributed by atoms with Crippen molar-refractivity contribution in [3.8, 4) is 0 Å². The molecule has 22 heavy (non-hydrogen) atoms. The number of nitro groups is 1. The monoisotopic (exact) mass is 301 g/mol. The van der Waals surface area contributed by atoms with Crippen LogP contribution in [0.5, 0.6) is 0 Å². The van der Waals surface area contributed by atoms with Crippen molar-refractivity contribution in [2.24, 2.45) is 0 Å². The molecular weight excluding hydrogens is 294 g/mol. The number of nitrogens with one attached hydrogen (secondary N) is 2. The maximum Gasteiger partial charge on any atom is 0.417 e. The van der Waals surface area contributed by atoms with E-state index in [1.165, 1.54) is 24.8 Å². The van der Waals surface area contributed by atoms with Crippen molar-refractivity contribution in [3.05, 3.63) is 57.1 Å². The van der Waals surface area contributed by atoms with E-state index in [4.69, 9.17) is 4.42 Å². The van der Waals surface area contributed by atoms with Gasteiger partial charge in [-0.25, -0.2) is 14.8 Å². The molecule has 1 aromatic carbocycles. The number of H-pyrrole nitrogens is 1. The second-order valence-electron chi connectivity index (χ2n) is 4.22. The largest absolute Gasteiger partial charge is 0.417 e. The molecule has 1 amide bonds. The highest BCUT2D eigenvalue weighted by molar-refractivity contribution is 6.06. The van der Waals surface area contributed by atoms with Crippen LogP contribution in [0.1, 0.15) is 10.4 Å². The summed E-state index contributed by atoms with van der Waals surface area (Å²) in [6.07, 6.45) is 3.78. The molecule has 0 aliphatic heterocycles. The van der Waals surface area contributed by atoms with Crippen molar-refractivity contribution >= 4 is 28.4 Å². The van der Waals surface area contributed by atoms with Gasteiger partial charge in [0.2, 0.25) is 0 Å². The standard InChI is InChI=1S/C12H7N5O5/c18-11(6-3-13-5-14-4-6)15-7-2-10-8(16-12(19)22-10)1-9(7)17(20)21/h1-5H,(H,15,18)(H,16,19). The van der Waals surface area contributed by atoms with Gasteiger partial charge < -0.3 is 9.73 Å². The van der Waals surface area contributed by atoms with Crippen molar-refractivity contribution in [1.29, 1.82) is 0 Å². The highest BCUT2D eigenvalue weighted by Gasteiger charge is 2.20. The topological polar surface area (TPSA) is 144 Å². The smallest absolute Gasteiger partial charge is 0.408 e. The van der Waals surface area contributed by atoms with E-state index in [-0.39, 0.29) is 28.0 Å². The van der Waals surface area contributed by atoms with Gasteiger partial charge >= 0.3 is 5.76 Å². The highest BCUT2D eigenvalue weighted by atomic mass is 16.6. The number of aromatic nitrogens is 3. The molecule has 2 N–H and O–H groups in total. The number of amides is 1. The predicted molar refractivity (Wildman–Crippen MR) is 73.5 cm³/mol. The van der Waals surface area contributed by atoms with Gasteiger partial charge in [0.1, 0.15) is 12.0 Å². The quantitative estimate of drug-likeness (QED) is 0.543. The van der Waals surface area contributed by atoms with Gasteiger partial charge in [-0.3, -0.25) is 19.9 Å². The number of benzene rings is 1. The van der Waals surface area contributed by atoms with Crippen LogP contribution in [0.25, 0.3) is 11.1 Å². The molecule has 2 heterocycles. The fourth-order valence-electron chi connectivity index (χ4n) is 1.85.